The van der Waals surface area contributed by atoms with Crippen molar-refractivity contribution in [1.29, 1.82) is 0 Å². The minimum absolute atomic E-state index is 0.00146. The summed E-state index contributed by atoms with van der Waals surface area (Å²) in [6.07, 6.45) is 5.38. The van der Waals surface area contributed by atoms with Crippen LogP contribution in [-0.4, -0.2) is 22.1 Å². The molecule has 1 aromatic heterocycles. The molecule has 1 N–H and O–H groups in total. The maximum atomic E-state index is 12.0. The van der Waals surface area contributed by atoms with E-state index in [-0.39, 0.29) is 18.6 Å². The van der Waals surface area contributed by atoms with Crippen molar-refractivity contribution in [3.8, 4) is 11.4 Å². The van der Waals surface area contributed by atoms with E-state index in [1.807, 2.05) is 72.3 Å². The largest absolute Gasteiger partial charge is 0.484 e. The minimum atomic E-state index is -0.148. The number of hydrogen-bond acceptors (Lipinski definition) is 3. The second-order valence-corrected chi connectivity index (χ2v) is 5.45. The molecule has 5 heteroatoms. The van der Waals surface area contributed by atoms with E-state index in [0.717, 1.165) is 11.3 Å². The molecule has 0 aliphatic carbocycles. The number of carbonyl (C=O) groups is 1. The van der Waals surface area contributed by atoms with Gasteiger partial charge in [0, 0.05) is 18.1 Å². The van der Waals surface area contributed by atoms with Crippen molar-refractivity contribution >= 4 is 5.91 Å². The zero-order valence-electron chi connectivity index (χ0n) is 13.4. The van der Waals surface area contributed by atoms with Crippen LogP contribution in [0.4, 0.5) is 0 Å². The van der Waals surface area contributed by atoms with E-state index in [4.69, 9.17) is 4.74 Å². The molecule has 0 saturated heterocycles. The minimum Gasteiger partial charge on any atom is -0.484 e. The number of rotatable bonds is 6. The van der Waals surface area contributed by atoms with Gasteiger partial charge in [0.05, 0.1) is 12.4 Å². The quantitative estimate of drug-likeness (QED) is 0.759. The molecule has 24 heavy (non-hydrogen) atoms. The SMILES string of the molecule is C[C@@H](NC(=O)COc1ccccc1)c1ccc(-n2ccnc2)cc1. The Morgan fingerprint density at radius 3 is 2.58 bits per heavy atom. The normalized spacial score (nSPS) is 11.7. The number of nitrogens with one attached hydrogen (secondary N) is 1. The van der Waals surface area contributed by atoms with Gasteiger partial charge in [0.2, 0.25) is 0 Å². The van der Waals surface area contributed by atoms with Crippen molar-refractivity contribution < 1.29 is 9.53 Å². The van der Waals surface area contributed by atoms with Crippen molar-refractivity contribution in [2.45, 2.75) is 13.0 Å². The van der Waals surface area contributed by atoms with Crippen molar-refractivity contribution in [2.75, 3.05) is 6.61 Å². The number of amides is 1. The number of carbonyl (C=O) groups excluding carboxylic acids is 1. The van der Waals surface area contributed by atoms with E-state index >= 15 is 0 Å². The highest BCUT2D eigenvalue weighted by Crippen LogP contribution is 2.16. The maximum Gasteiger partial charge on any atom is 0.258 e. The lowest BCUT2D eigenvalue weighted by molar-refractivity contribution is -0.123. The molecule has 0 radical (unpaired) electrons. The Hall–Kier alpha value is -3.08. The smallest absolute Gasteiger partial charge is 0.258 e. The van der Waals surface area contributed by atoms with E-state index in [1.54, 1.807) is 12.5 Å². The van der Waals surface area contributed by atoms with E-state index in [0.29, 0.717) is 5.75 Å². The highest BCUT2D eigenvalue weighted by molar-refractivity contribution is 5.78. The van der Waals surface area contributed by atoms with E-state index in [1.165, 1.54) is 0 Å². The number of aromatic nitrogens is 2. The zero-order chi connectivity index (χ0) is 16.8. The van der Waals surface area contributed by atoms with Gasteiger partial charge in [0.25, 0.3) is 5.91 Å². The molecule has 2 aromatic carbocycles. The summed E-state index contributed by atoms with van der Waals surface area (Å²) in [7, 11) is 0. The number of imidazole rings is 1. The van der Waals surface area contributed by atoms with Gasteiger partial charge in [-0.3, -0.25) is 4.79 Å². The van der Waals surface area contributed by atoms with Crippen LogP contribution < -0.4 is 10.1 Å². The summed E-state index contributed by atoms with van der Waals surface area (Å²) in [5, 5.41) is 2.94. The molecule has 0 aliphatic heterocycles. The first-order valence-electron chi connectivity index (χ1n) is 7.78. The van der Waals surface area contributed by atoms with E-state index in [2.05, 4.69) is 10.3 Å². The number of ether oxygens (including phenoxy) is 1. The Balaban J connectivity index is 1.54. The lowest BCUT2D eigenvalue weighted by Crippen LogP contribution is -2.31. The summed E-state index contributed by atoms with van der Waals surface area (Å²) in [5.41, 5.74) is 2.06. The molecule has 0 spiro atoms. The fourth-order valence-corrected chi connectivity index (χ4v) is 2.38. The summed E-state index contributed by atoms with van der Waals surface area (Å²) in [6.45, 7) is 1.95. The number of hydrogen-bond donors (Lipinski definition) is 1. The molecule has 0 bridgehead atoms. The fraction of sp³-hybridized carbons (Fsp3) is 0.158. The predicted molar refractivity (Wildman–Crippen MR) is 92.1 cm³/mol. The molecule has 3 aromatic rings. The predicted octanol–water partition coefficient (Wildman–Crippen LogP) is 3.13. The van der Waals surface area contributed by atoms with E-state index in [9.17, 15) is 4.79 Å². The average molecular weight is 321 g/mol. The van der Waals surface area contributed by atoms with Gasteiger partial charge in [-0.15, -0.1) is 0 Å². The van der Waals surface area contributed by atoms with Crippen LogP contribution in [0, 0.1) is 0 Å². The standard InChI is InChI=1S/C19H19N3O2/c1-15(21-19(23)13-24-18-5-3-2-4-6-18)16-7-9-17(10-8-16)22-12-11-20-14-22/h2-12,14-15H,13H2,1H3,(H,21,23)/t15-/m1/s1. The molecule has 0 aliphatic rings. The van der Waals surface area contributed by atoms with Crippen LogP contribution in [0.25, 0.3) is 5.69 Å². The Morgan fingerprint density at radius 1 is 1.17 bits per heavy atom. The number of nitrogens with zero attached hydrogens (tertiary/aromatic N) is 2. The summed E-state index contributed by atoms with van der Waals surface area (Å²) in [5.74, 6) is 0.537. The summed E-state index contributed by atoms with van der Waals surface area (Å²) in [6, 6.07) is 17.2. The lowest BCUT2D eigenvalue weighted by atomic mass is 10.1. The Kier molecular flexibility index (Phi) is 4.91. The first kappa shape index (κ1) is 15.8. The molecule has 0 fully saturated rings. The molecular formula is C19H19N3O2. The number of para-hydroxylation sites is 1. The first-order valence-corrected chi connectivity index (χ1v) is 7.78. The van der Waals surface area contributed by atoms with Crippen LogP contribution in [0.5, 0.6) is 5.75 Å². The molecule has 122 valence electrons. The van der Waals surface area contributed by atoms with Crippen LogP contribution in [0.2, 0.25) is 0 Å². The van der Waals surface area contributed by atoms with Crippen molar-refractivity contribution in [2.24, 2.45) is 0 Å². The molecular weight excluding hydrogens is 302 g/mol. The van der Waals surface area contributed by atoms with Crippen LogP contribution in [0.1, 0.15) is 18.5 Å². The number of benzene rings is 2. The van der Waals surface area contributed by atoms with Crippen molar-refractivity contribution in [3.05, 3.63) is 78.9 Å². The lowest BCUT2D eigenvalue weighted by Gasteiger charge is -2.15. The third-order valence-corrected chi connectivity index (χ3v) is 3.69. The monoisotopic (exact) mass is 321 g/mol. The Bertz CT molecular complexity index is 768. The van der Waals surface area contributed by atoms with Gasteiger partial charge in [0.1, 0.15) is 5.75 Å². The molecule has 0 saturated carbocycles. The molecule has 1 heterocycles. The van der Waals surface area contributed by atoms with Crippen molar-refractivity contribution in [3.63, 3.8) is 0 Å². The fourth-order valence-electron chi connectivity index (χ4n) is 2.38. The van der Waals surface area contributed by atoms with Crippen LogP contribution >= 0.6 is 0 Å². The highest BCUT2D eigenvalue weighted by Gasteiger charge is 2.10. The van der Waals surface area contributed by atoms with Gasteiger partial charge in [-0.2, -0.15) is 0 Å². The topological polar surface area (TPSA) is 56.1 Å². The Morgan fingerprint density at radius 2 is 1.92 bits per heavy atom. The van der Waals surface area contributed by atoms with Gasteiger partial charge in [0.15, 0.2) is 6.61 Å². The summed E-state index contributed by atoms with van der Waals surface area (Å²) in [4.78, 5) is 16.0. The second kappa shape index (κ2) is 7.46. The van der Waals surface area contributed by atoms with E-state index < -0.39 is 0 Å². The molecule has 1 amide bonds. The first-order chi connectivity index (χ1) is 11.7. The van der Waals surface area contributed by atoms with Gasteiger partial charge >= 0.3 is 0 Å². The second-order valence-electron chi connectivity index (χ2n) is 5.45. The molecule has 0 unspecified atom stereocenters. The van der Waals surface area contributed by atoms with Gasteiger partial charge < -0.3 is 14.6 Å². The van der Waals surface area contributed by atoms with Crippen LogP contribution in [-0.2, 0) is 4.79 Å². The highest BCUT2D eigenvalue weighted by atomic mass is 16.5. The van der Waals surface area contributed by atoms with Crippen LogP contribution in [0.3, 0.4) is 0 Å². The molecule has 5 nitrogen and oxygen atoms in total. The summed E-state index contributed by atoms with van der Waals surface area (Å²) >= 11 is 0. The average Bonchev–Trinajstić information content (AvgIpc) is 3.16. The van der Waals surface area contributed by atoms with Gasteiger partial charge in [-0.05, 0) is 36.8 Å². The van der Waals surface area contributed by atoms with Gasteiger partial charge in [-0.25, -0.2) is 4.98 Å². The van der Waals surface area contributed by atoms with Crippen molar-refractivity contribution in [1.82, 2.24) is 14.9 Å². The summed E-state index contributed by atoms with van der Waals surface area (Å²) < 4.78 is 7.38. The third-order valence-electron chi connectivity index (χ3n) is 3.69. The maximum absolute atomic E-state index is 12.0. The molecule has 3 rings (SSSR count). The zero-order valence-corrected chi connectivity index (χ0v) is 13.4. The third kappa shape index (κ3) is 4.01. The molecule has 1 atom stereocenters. The van der Waals surface area contributed by atoms with Gasteiger partial charge in [-0.1, -0.05) is 30.3 Å². The Labute approximate surface area is 140 Å². The van der Waals surface area contributed by atoms with Crippen LogP contribution in [0.15, 0.2) is 73.3 Å².